The van der Waals surface area contributed by atoms with Gasteiger partial charge >= 0.3 is 0 Å². The summed E-state index contributed by atoms with van der Waals surface area (Å²) in [7, 11) is 0. The number of aromatic hydroxyl groups is 1. The van der Waals surface area contributed by atoms with Crippen LogP contribution in [0.4, 0.5) is 0 Å². The molecule has 3 rings (SSSR count). The maximum absolute atomic E-state index is 12.5. The lowest BCUT2D eigenvalue weighted by Gasteiger charge is -2.38. The largest absolute Gasteiger partial charge is 0.507 e. The van der Waals surface area contributed by atoms with Gasteiger partial charge in [0, 0.05) is 35.2 Å². The van der Waals surface area contributed by atoms with Gasteiger partial charge in [0.05, 0.1) is 5.56 Å². The van der Waals surface area contributed by atoms with Crippen LogP contribution in [-0.2, 0) is 10.2 Å². The van der Waals surface area contributed by atoms with E-state index in [-0.39, 0.29) is 22.6 Å². The molecule has 1 saturated heterocycles. The van der Waals surface area contributed by atoms with Gasteiger partial charge in [-0.05, 0) is 42.7 Å². The summed E-state index contributed by atoms with van der Waals surface area (Å²) in [5.74, 6) is -0.348. The Bertz CT molecular complexity index is 773. The molecule has 1 aliphatic heterocycles. The van der Waals surface area contributed by atoms with Crippen LogP contribution in [0.3, 0.4) is 0 Å². The zero-order valence-electron chi connectivity index (χ0n) is 13.6. The van der Waals surface area contributed by atoms with Crippen LogP contribution in [-0.4, -0.2) is 30.8 Å². The van der Waals surface area contributed by atoms with Crippen molar-refractivity contribution < 1.29 is 14.6 Å². The normalized spacial score (nSPS) is 16.4. The number of para-hydroxylation sites is 1. The molecule has 1 amide bonds. The third-order valence-electron chi connectivity index (χ3n) is 4.69. The first-order valence-electron chi connectivity index (χ1n) is 8.11. The molecule has 25 heavy (non-hydrogen) atoms. The molecule has 1 aliphatic rings. The number of rotatable bonds is 4. The van der Waals surface area contributed by atoms with Gasteiger partial charge in [0.2, 0.25) is 0 Å². The fourth-order valence-electron chi connectivity index (χ4n) is 3.23. The standard InChI is InChI=1S/C19H19Cl2NO3/c20-13-5-6-15(16(21)11-13)19(7-9-25-10-8-19)12-22-18(24)14-3-1-2-4-17(14)23/h1-6,11,23H,7-10,12H2,(H,22,24). The van der Waals surface area contributed by atoms with Gasteiger partial charge in [0.25, 0.3) is 5.91 Å². The maximum atomic E-state index is 12.5. The van der Waals surface area contributed by atoms with E-state index in [0.29, 0.717) is 29.8 Å². The molecule has 0 atom stereocenters. The molecule has 1 fully saturated rings. The number of amides is 1. The number of halogens is 2. The Hall–Kier alpha value is -1.75. The molecule has 0 aliphatic carbocycles. The third kappa shape index (κ3) is 3.92. The number of ether oxygens (including phenoxy) is 1. The Morgan fingerprint density at radius 3 is 2.56 bits per heavy atom. The molecule has 2 aromatic carbocycles. The van der Waals surface area contributed by atoms with Gasteiger partial charge in [-0.25, -0.2) is 0 Å². The number of hydrogen-bond acceptors (Lipinski definition) is 3. The van der Waals surface area contributed by atoms with Crippen LogP contribution >= 0.6 is 23.2 Å². The van der Waals surface area contributed by atoms with Crippen molar-refractivity contribution in [2.24, 2.45) is 0 Å². The second-order valence-electron chi connectivity index (χ2n) is 6.22. The van der Waals surface area contributed by atoms with E-state index in [0.717, 1.165) is 18.4 Å². The number of benzene rings is 2. The van der Waals surface area contributed by atoms with Crippen LogP contribution in [0, 0.1) is 0 Å². The molecule has 2 aromatic rings. The summed E-state index contributed by atoms with van der Waals surface area (Å²) in [6.07, 6.45) is 1.49. The van der Waals surface area contributed by atoms with Crippen LogP contribution in [0.1, 0.15) is 28.8 Å². The lowest BCUT2D eigenvalue weighted by Crippen LogP contribution is -2.44. The molecule has 132 valence electrons. The number of phenolic OH excluding ortho intramolecular Hbond substituents is 1. The lowest BCUT2D eigenvalue weighted by atomic mass is 9.74. The Balaban J connectivity index is 1.84. The molecular formula is C19H19Cl2NO3. The van der Waals surface area contributed by atoms with E-state index < -0.39 is 0 Å². The number of nitrogens with one attached hydrogen (secondary N) is 1. The van der Waals surface area contributed by atoms with Crippen LogP contribution in [0.25, 0.3) is 0 Å². The molecule has 0 radical (unpaired) electrons. The number of carbonyl (C=O) groups excluding carboxylic acids is 1. The highest BCUT2D eigenvalue weighted by atomic mass is 35.5. The van der Waals surface area contributed by atoms with E-state index in [9.17, 15) is 9.90 Å². The quantitative estimate of drug-likeness (QED) is 0.837. The second kappa shape index (κ2) is 7.65. The molecule has 6 heteroatoms. The van der Waals surface area contributed by atoms with Crippen molar-refractivity contribution in [1.29, 1.82) is 0 Å². The van der Waals surface area contributed by atoms with Gasteiger partial charge in [0.1, 0.15) is 5.75 Å². The van der Waals surface area contributed by atoms with E-state index >= 15 is 0 Å². The van der Waals surface area contributed by atoms with Gasteiger partial charge < -0.3 is 15.2 Å². The van der Waals surface area contributed by atoms with E-state index in [1.807, 2.05) is 12.1 Å². The summed E-state index contributed by atoms with van der Waals surface area (Å²) in [6, 6.07) is 11.9. The minimum Gasteiger partial charge on any atom is -0.507 e. The van der Waals surface area contributed by atoms with Gasteiger partial charge in [-0.2, -0.15) is 0 Å². The topological polar surface area (TPSA) is 58.6 Å². The minimum atomic E-state index is -0.319. The molecule has 0 saturated carbocycles. The van der Waals surface area contributed by atoms with Crippen LogP contribution in [0.15, 0.2) is 42.5 Å². The fourth-order valence-corrected chi connectivity index (χ4v) is 3.84. The van der Waals surface area contributed by atoms with Gasteiger partial charge in [-0.3, -0.25) is 4.79 Å². The maximum Gasteiger partial charge on any atom is 0.255 e. The smallest absolute Gasteiger partial charge is 0.255 e. The zero-order valence-corrected chi connectivity index (χ0v) is 15.1. The van der Waals surface area contributed by atoms with Crippen LogP contribution < -0.4 is 5.32 Å². The number of hydrogen-bond donors (Lipinski definition) is 2. The van der Waals surface area contributed by atoms with Crippen molar-refractivity contribution in [2.75, 3.05) is 19.8 Å². The van der Waals surface area contributed by atoms with Gasteiger partial charge in [0.15, 0.2) is 0 Å². The predicted octanol–water partition coefficient (Wildman–Crippen LogP) is 4.18. The molecular weight excluding hydrogens is 361 g/mol. The highest BCUT2D eigenvalue weighted by Crippen LogP contribution is 2.39. The molecule has 0 unspecified atom stereocenters. The van der Waals surface area contributed by atoms with Crippen molar-refractivity contribution in [3.05, 3.63) is 63.6 Å². The SMILES string of the molecule is O=C(NCC1(c2ccc(Cl)cc2Cl)CCOCC1)c1ccccc1O. The van der Waals surface area contributed by atoms with E-state index in [2.05, 4.69) is 5.32 Å². The van der Waals surface area contributed by atoms with Crippen LogP contribution in [0.5, 0.6) is 5.75 Å². The van der Waals surface area contributed by atoms with E-state index in [4.69, 9.17) is 27.9 Å². The lowest BCUT2D eigenvalue weighted by molar-refractivity contribution is 0.0487. The summed E-state index contributed by atoms with van der Waals surface area (Å²) in [5, 5.41) is 14.0. The number of carbonyl (C=O) groups is 1. The second-order valence-corrected chi connectivity index (χ2v) is 7.06. The van der Waals surface area contributed by atoms with Gasteiger partial charge in [-0.1, -0.05) is 41.4 Å². The predicted molar refractivity (Wildman–Crippen MR) is 98.6 cm³/mol. The summed E-state index contributed by atoms with van der Waals surface area (Å²) >= 11 is 12.5. The van der Waals surface area contributed by atoms with Crippen molar-refractivity contribution in [2.45, 2.75) is 18.3 Å². The Labute approximate surface area is 156 Å². The molecule has 2 N–H and O–H groups in total. The summed E-state index contributed by atoms with van der Waals surface area (Å²) in [5.41, 5.74) is 0.895. The first kappa shape index (κ1) is 18.1. The molecule has 1 heterocycles. The molecule has 4 nitrogen and oxygen atoms in total. The van der Waals surface area contributed by atoms with Crippen molar-refractivity contribution >= 4 is 29.1 Å². The average molecular weight is 380 g/mol. The average Bonchev–Trinajstić information content (AvgIpc) is 2.61. The fraction of sp³-hybridized carbons (Fsp3) is 0.316. The Kier molecular flexibility index (Phi) is 5.52. The highest BCUT2D eigenvalue weighted by molar-refractivity contribution is 6.35. The first-order chi connectivity index (χ1) is 12.0. The minimum absolute atomic E-state index is 0.0365. The van der Waals surface area contributed by atoms with Crippen molar-refractivity contribution in [3.8, 4) is 5.75 Å². The molecule has 0 spiro atoms. The summed E-state index contributed by atoms with van der Waals surface area (Å²) in [6.45, 7) is 1.61. The van der Waals surface area contributed by atoms with E-state index in [1.54, 1.807) is 24.3 Å². The summed E-state index contributed by atoms with van der Waals surface area (Å²) in [4.78, 5) is 12.5. The molecule has 0 bridgehead atoms. The Morgan fingerprint density at radius 2 is 1.88 bits per heavy atom. The highest BCUT2D eigenvalue weighted by Gasteiger charge is 2.36. The van der Waals surface area contributed by atoms with Crippen molar-refractivity contribution in [1.82, 2.24) is 5.32 Å². The van der Waals surface area contributed by atoms with Gasteiger partial charge in [-0.15, -0.1) is 0 Å². The molecule has 0 aromatic heterocycles. The van der Waals surface area contributed by atoms with Crippen LogP contribution in [0.2, 0.25) is 10.0 Å². The third-order valence-corrected chi connectivity index (χ3v) is 5.24. The van der Waals surface area contributed by atoms with E-state index in [1.165, 1.54) is 6.07 Å². The monoisotopic (exact) mass is 379 g/mol. The first-order valence-corrected chi connectivity index (χ1v) is 8.87. The Morgan fingerprint density at radius 1 is 1.16 bits per heavy atom. The van der Waals surface area contributed by atoms with Crippen molar-refractivity contribution in [3.63, 3.8) is 0 Å². The number of phenols is 1. The zero-order chi connectivity index (χ0) is 17.9. The summed E-state index contributed by atoms with van der Waals surface area (Å²) < 4.78 is 5.50.